The Hall–Kier alpha value is 0.900. The molecule has 28 heavy (non-hydrogen) atoms. The van der Waals surface area contributed by atoms with Gasteiger partial charge < -0.3 is 0 Å². The van der Waals surface area contributed by atoms with E-state index in [-0.39, 0.29) is 0 Å². The maximum atomic E-state index is 4.96. The second kappa shape index (κ2) is 8.11. The SMILES string of the molecule is C=[PH](CC)CC([PH](=C)CC)[PH](=C)C(C)(C)C[C@@]12C([C@@H](C)C(C)(C)[C@@H]1C)C2(C)C. The zero-order valence-corrected chi connectivity index (χ0v) is 23.8. The Kier molecular flexibility index (Phi) is 7.29. The van der Waals surface area contributed by atoms with Crippen LogP contribution in [0.25, 0.3) is 0 Å². The summed E-state index contributed by atoms with van der Waals surface area (Å²) in [5.41, 5.74) is 1.46. The Morgan fingerprint density at radius 2 is 1.50 bits per heavy atom. The molecule has 2 aliphatic carbocycles. The van der Waals surface area contributed by atoms with E-state index < -0.39 is 22.6 Å². The van der Waals surface area contributed by atoms with Crippen molar-refractivity contribution in [3.8, 4) is 0 Å². The minimum atomic E-state index is -0.727. The van der Waals surface area contributed by atoms with Crippen LogP contribution in [0.4, 0.5) is 0 Å². The van der Waals surface area contributed by atoms with Crippen molar-refractivity contribution in [2.75, 3.05) is 18.5 Å². The van der Waals surface area contributed by atoms with Gasteiger partial charge in [-0.3, -0.25) is 0 Å². The van der Waals surface area contributed by atoms with Crippen LogP contribution in [0.2, 0.25) is 0 Å². The summed E-state index contributed by atoms with van der Waals surface area (Å²) in [7, 11) is -1.73. The topological polar surface area (TPSA) is 0 Å². The van der Waals surface area contributed by atoms with Gasteiger partial charge >= 0.3 is 0 Å². The molecule has 3 heteroatoms. The van der Waals surface area contributed by atoms with Crippen molar-refractivity contribution in [1.82, 2.24) is 0 Å². The molecule has 0 nitrogen and oxygen atoms in total. The van der Waals surface area contributed by atoms with E-state index in [0.29, 0.717) is 21.4 Å². The largest absolute Gasteiger partial charge is 0.124 e. The molecule has 0 N–H and O–H groups in total. The molecule has 0 spiro atoms. The average molecular weight is 445 g/mol. The van der Waals surface area contributed by atoms with Gasteiger partial charge in [-0.2, -0.15) is 0 Å². The molecule has 0 aromatic heterocycles. The van der Waals surface area contributed by atoms with Crippen LogP contribution < -0.4 is 0 Å². The van der Waals surface area contributed by atoms with Gasteiger partial charge in [0.25, 0.3) is 0 Å². The fourth-order valence-corrected chi connectivity index (χ4v) is 17.8. The first kappa shape index (κ1) is 25.2. The highest BCUT2D eigenvalue weighted by atomic mass is 31.2. The molecule has 0 aliphatic heterocycles. The molecule has 166 valence electrons. The van der Waals surface area contributed by atoms with Gasteiger partial charge in [-0.05, 0) is 69.5 Å². The van der Waals surface area contributed by atoms with Crippen LogP contribution in [0.15, 0.2) is 0 Å². The summed E-state index contributed by atoms with van der Waals surface area (Å²) in [4.78, 5) is 0. The summed E-state index contributed by atoms with van der Waals surface area (Å²) in [5.74, 6) is 2.50. The summed E-state index contributed by atoms with van der Waals surface area (Å²) < 4.78 is 0. The molecular formula is C25H51P3. The van der Waals surface area contributed by atoms with Gasteiger partial charge in [-0.15, -0.1) is 41.5 Å². The summed E-state index contributed by atoms with van der Waals surface area (Å²) in [6.07, 6.45) is 19.5. The van der Waals surface area contributed by atoms with Crippen molar-refractivity contribution >= 4 is 41.5 Å². The molecule has 0 saturated heterocycles. The van der Waals surface area contributed by atoms with E-state index in [0.717, 1.165) is 23.2 Å². The molecule has 0 aromatic rings. The van der Waals surface area contributed by atoms with Gasteiger partial charge in [0.15, 0.2) is 0 Å². The van der Waals surface area contributed by atoms with Crippen molar-refractivity contribution in [2.45, 2.75) is 86.2 Å². The molecule has 0 heterocycles. The van der Waals surface area contributed by atoms with Crippen LogP contribution in [-0.2, 0) is 0 Å². The van der Waals surface area contributed by atoms with E-state index in [1.54, 1.807) is 0 Å². The number of hydrogen-bond donors (Lipinski definition) is 0. The second-order valence-corrected chi connectivity index (χ2v) is 21.0. The minimum absolute atomic E-state index is 0.369. The van der Waals surface area contributed by atoms with E-state index in [1.807, 2.05) is 0 Å². The van der Waals surface area contributed by atoms with Crippen molar-refractivity contribution in [1.29, 1.82) is 0 Å². The lowest BCUT2D eigenvalue weighted by Crippen LogP contribution is -2.36. The Labute approximate surface area is 180 Å². The fraction of sp³-hybridized carbons (Fsp3) is 0.880. The van der Waals surface area contributed by atoms with Gasteiger partial charge in [0, 0.05) is 0 Å². The van der Waals surface area contributed by atoms with Crippen LogP contribution in [0.1, 0.15) is 75.7 Å². The van der Waals surface area contributed by atoms with Crippen LogP contribution in [0.3, 0.4) is 0 Å². The third-order valence-corrected chi connectivity index (χ3v) is 20.1. The molecule has 5 unspecified atom stereocenters. The average Bonchev–Trinajstić information content (AvgIpc) is 3.04. The van der Waals surface area contributed by atoms with Gasteiger partial charge in [0.2, 0.25) is 0 Å². The molecule has 2 saturated carbocycles. The van der Waals surface area contributed by atoms with Gasteiger partial charge in [0.1, 0.15) is 0 Å². The van der Waals surface area contributed by atoms with Crippen LogP contribution >= 0.6 is 22.6 Å². The molecule has 0 bridgehead atoms. The summed E-state index contributed by atoms with van der Waals surface area (Å²) in [6.45, 7) is 25.2. The van der Waals surface area contributed by atoms with Crippen molar-refractivity contribution in [3.63, 3.8) is 0 Å². The highest BCUT2D eigenvalue weighted by Gasteiger charge is 2.81. The molecular weight excluding hydrogens is 393 g/mol. The quantitative estimate of drug-likeness (QED) is 0.325. The normalized spacial score (nSPS) is 37.7. The Morgan fingerprint density at radius 3 is 1.93 bits per heavy atom. The monoisotopic (exact) mass is 444 g/mol. The number of hydrogen-bond acceptors (Lipinski definition) is 0. The standard InChI is InChI=1S/C25H51P3/c1-14-26(11)16-20(27(12)15-2)28(13)22(5,6)17-25-19(4)23(7,8)18(3)21(25)24(25,9)10/h18-21,26-28H,11-17H2,1-10H3/t18-,19+,20?,21?,25+/m1/s1. The lowest BCUT2D eigenvalue weighted by atomic mass is 9.65. The minimum Gasteiger partial charge on any atom is -0.124 e. The number of rotatable bonds is 9. The van der Waals surface area contributed by atoms with Crippen LogP contribution in [0.5, 0.6) is 0 Å². The highest BCUT2D eigenvalue weighted by molar-refractivity contribution is 7.75. The molecule has 8 atom stereocenters. The van der Waals surface area contributed by atoms with Gasteiger partial charge in [-0.25, -0.2) is 0 Å². The lowest BCUT2D eigenvalue weighted by molar-refractivity contribution is 0.0871. The fourth-order valence-electron chi connectivity index (χ4n) is 7.32. The zero-order valence-electron chi connectivity index (χ0n) is 20.8. The van der Waals surface area contributed by atoms with E-state index in [4.69, 9.17) is 12.6 Å². The summed E-state index contributed by atoms with van der Waals surface area (Å²) in [6, 6.07) is 0. The first-order chi connectivity index (χ1) is 12.6. The first-order valence-electron chi connectivity index (χ1n) is 11.7. The smallest absolute Gasteiger partial charge is 0.00291 e. The van der Waals surface area contributed by atoms with Crippen LogP contribution in [0, 0.1) is 34.0 Å². The maximum Gasteiger partial charge on any atom is -0.00291 e. The third-order valence-electron chi connectivity index (χ3n) is 9.98. The van der Waals surface area contributed by atoms with E-state index in [2.05, 4.69) is 75.5 Å². The predicted octanol–water partition coefficient (Wildman–Crippen LogP) is 7.41. The molecule has 0 radical (unpaired) electrons. The van der Waals surface area contributed by atoms with Crippen molar-refractivity contribution in [3.05, 3.63) is 0 Å². The zero-order chi connectivity index (χ0) is 21.9. The van der Waals surface area contributed by atoms with Gasteiger partial charge in [-0.1, -0.05) is 69.2 Å². The molecule has 0 aromatic carbocycles. The highest BCUT2D eigenvalue weighted by Crippen LogP contribution is 2.86. The van der Waals surface area contributed by atoms with E-state index in [1.165, 1.54) is 24.9 Å². The Balaban J connectivity index is 2.34. The summed E-state index contributed by atoms with van der Waals surface area (Å²) in [5, 5.41) is 1.19. The predicted molar refractivity (Wildman–Crippen MR) is 147 cm³/mol. The van der Waals surface area contributed by atoms with Crippen molar-refractivity contribution in [2.24, 2.45) is 34.0 Å². The number of fused-ring (bicyclic) bond motifs is 1. The van der Waals surface area contributed by atoms with E-state index >= 15 is 0 Å². The summed E-state index contributed by atoms with van der Waals surface area (Å²) >= 11 is 0. The first-order valence-corrected chi connectivity index (χ1v) is 17.6. The molecule has 2 rings (SSSR count). The van der Waals surface area contributed by atoms with Crippen molar-refractivity contribution < 1.29 is 0 Å². The van der Waals surface area contributed by atoms with Crippen LogP contribution in [-0.4, -0.2) is 47.9 Å². The Morgan fingerprint density at radius 1 is 0.964 bits per heavy atom. The third kappa shape index (κ3) is 3.69. The molecule has 2 fully saturated rings. The lowest BCUT2D eigenvalue weighted by Gasteiger charge is -2.44. The molecule has 2 aliphatic rings. The second-order valence-electron chi connectivity index (χ2n) is 12.0. The van der Waals surface area contributed by atoms with E-state index in [9.17, 15) is 0 Å². The molecule has 0 amide bonds. The Bertz CT molecular complexity index is 665. The maximum absolute atomic E-state index is 4.96. The van der Waals surface area contributed by atoms with Gasteiger partial charge in [0.05, 0.1) is 0 Å².